The third kappa shape index (κ3) is 4.48. The maximum Gasteiger partial charge on any atom is 0.437 e. The van der Waals surface area contributed by atoms with Crippen LogP contribution in [0.25, 0.3) is 22.6 Å². The molecule has 0 saturated heterocycles. The zero-order valence-corrected chi connectivity index (χ0v) is 17.0. The fourth-order valence-electron chi connectivity index (χ4n) is 3.60. The van der Waals surface area contributed by atoms with Crippen LogP contribution in [0, 0.1) is 0 Å². The van der Waals surface area contributed by atoms with Crippen molar-refractivity contribution in [3.05, 3.63) is 46.5 Å². The largest absolute Gasteiger partial charge is 0.490 e. The van der Waals surface area contributed by atoms with Crippen molar-refractivity contribution >= 4 is 16.9 Å². The van der Waals surface area contributed by atoms with Crippen LogP contribution in [-0.2, 0) is 11.3 Å². The van der Waals surface area contributed by atoms with Crippen molar-refractivity contribution in [3.8, 4) is 17.4 Å². The Labute approximate surface area is 173 Å². The molecule has 158 valence electrons. The normalized spacial score (nSPS) is 14.0. The summed E-state index contributed by atoms with van der Waals surface area (Å²) in [6, 6.07) is 7.26. The fraction of sp³-hybridized carbons (Fsp3) is 0.409. The number of nitrogens with one attached hydrogen (secondary N) is 1. The van der Waals surface area contributed by atoms with Crippen molar-refractivity contribution in [1.29, 1.82) is 0 Å². The average Bonchev–Trinajstić information content (AvgIpc) is 3.33. The Hall–Kier alpha value is -3.29. The van der Waals surface area contributed by atoms with E-state index in [0.717, 1.165) is 29.3 Å². The lowest BCUT2D eigenvalue weighted by molar-refractivity contribution is -0.121. The van der Waals surface area contributed by atoms with Crippen LogP contribution in [0.15, 0.2) is 49.5 Å². The highest BCUT2D eigenvalue weighted by molar-refractivity contribution is 5.86. The lowest BCUT2D eigenvalue weighted by Crippen LogP contribution is -2.32. The van der Waals surface area contributed by atoms with E-state index in [1.807, 2.05) is 25.1 Å². The van der Waals surface area contributed by atoms with E-state index < -0.39 is 5.76 Å². The Bertz CT molecular complexity index is 1120. The summed E-state index contributed by atoms with van der Waals surface area (Å²) in [5.41, 5.74) is 1.94. The number of carbonyl (C=O) groups excluding carboxylic acids is 1. The van der Waals surface area contributed by atoms with Crippen LogP contribution >= 0.6 is 0 Å². The first kappa shape index (κ1) is 20.0. The van der Waals surface area contributed by atoms with Gasteiger partial charge in [0, 0.05) is 11.9 Å². The molecule has 0 fully saturated rings. The third-order valence-electron chi connectivity index (χ3n) is 5.07. The molecule has 3 aromatic rings. The smallest absolute Gasteiger partial charge is 0.437 e. The van der Waals surface area contributed by atoms with E-state index in [1.54, 1.807) is 6.07 Å². The van der Waals surface area contributed by atoms with Crippen LogP contribution in [0.2, 0.25) is 0 Å². The van der Waals surface area contributed by atoms with Gasteiger partial charge < -0.3 is 18.9 Å². The molecule has 1 amide bonds. The number of rotatable bonds is 8. The molecule has 1 N–H and O–H groups in total. The van der Waals surface area contributed by atoms with Crippen molar-refractivity contribution in [2.24, 2.45) is 0 Å². The number of amides is 1. The van der Waals surface area contributed by atoms with Crippen molar-refractivity contribution in [2.45, 2.75) is 45.6 Å². The van der Waals surface area contributed by atoms with Crippen molar-refractivity contribution in [1.82, 2.24) is 15.1 Å². The number of benzene rings is 1. The second kappa shape index (κ2) is 9.02. The first-order valence-electron chi connectivity index (χ1n) is 10.3. The molecular weight excluding hydrogens is 386 g/mol. The molecule has 0 saturated carbocycles. The van der Waals surface area contributed by atoms with Crippen LogP contribution in [0.1, 0.15) is 39.0 Å². The molecule has 0 aliphatic heterocycles. The van der Waals surface area contributed by atoms with Gasteiger partial charge in [-0.2, -0.15) is 4.68 Å². The summed E-state index contributed by atoms with van der Waals surface area (Å²) in [4.78, 5) is 24.3. The number of hydrogen-bond acceptors (Lipinski definition) is 6. The number of ether oxygens (including phenoxy) is 1. The van der Waals surface area contributed by atoms with E-state index in [1.165, 1.54) is 18.4 Å². The number of carbonyl (C=O) groups is 1. The van der Waals surface area contributed by atoms with E-state index in [2.05, 4.69) is 16.5 Å². The molecule has 0 bridgehead atoms. The molecule has 4 rings (SSSR count). The number of furan rings is 1. The minimum atomic E-state index is -0.708. The molecule has 1 aliphatic rings. The topological polar surface area (TPSA) is 99.5 Å². The fourth-order valence-corrected chi connectivity index (χ4v) is 3.60. The summed E-state index contributed by atoms with van der Waals surface area (Å²) in [7, 11) is 0. The van der Waals surface area contributed by atoms with Gasteiger partial charge in [-0.25, -0.2) is 4.79 Å². The molecule has 30 heavy (non-hydrogen) atoms. The first-order valence-corrected chi connectivity index (χ1v) is 10.3. The number of nitrogens with zero attached hydrogens (tertiary/aromatic N) is 2. The Morgan fingerprint density at radius 2 is 2.20 bits per heavy atom. The summed E-state index contributed by atoms with van der Waals surface area (Å²) >= 11 is 0. The van der Waals surface area contributed by atoms with E-state index in [9.17, 15) is 9.59 Å². The lowest BCUT2D eigenvalue weighted by Gasteiger charge is -2.12. The Morgan fingerprint density at radius 3 is 3.00 bits per heavy atom. The van der Waals surface area contributed by atoms with Crippen LogP contribution in [0.3, 0.4) is 0 Å². The molecule has 8 nitrogen and oxygen atoms in total. The van der Waals surface area contributed by atoms with Crippen molar-refractivity contribution in [2.75, 3.05) is 13.2 Å². The molecule has 1 aliphatic carbocycles. The van der Waals surface area contributed by atoms with Crippen LogP contribution in [0.4, 0.5) is 0 Å². The SMILES string of the molecule is CCOc1cccc2cc(-c3nn(CC(=O)NCCC4=CCCCC4)c(=O)o3)oc12. The van der Waals surface area contributed by atoms with Crippen LogP contribution in [0.5, 0.6) is 5.75 Å². The maximum absolute atomic E-state index is 12.2. The molecule has 1 aromatic carbocycles. The van der Waals surface area contributed by atoms with Gasteiger partial charge in [0.15, 0.2) is 17.1 Å². The highest BCUT2D eigenvalue weighted by Crippen LogP contribution is 2.32. The van der Waals surface area contributed by atoms with Gasteiger partial charge in [0.05, 0.1) is 6.61 Å². The Kier molecular flexibility index (Phi) is 6.02. The van der Waals surface area contributed by atoms with Gasteiger partial charge in [0.2, 0.25) is 5.91 Å². The van der Waals surface area contributed by atoms with Gasteiger partial charge in [-0.15, -0.1) is 5.10 Å². The Morgan fingerprint density at radius 1 is 1.30 bits per heavy atom. The van der Waals surface area contributed by atoms with Gasteiger partial charge in [-0.3, -0.25) is 4.79 Å². The standard InChI is InChI=1S/C22H25N3O5/c1-2-28-17-10-6-9-16-13-18(29-20(16)17)21-24-25(22(27)30-21)14-19(26)23-12-11-15-7-4-3-5-8-15/h6-7,9-10,13H,2-5,8,11-12,14H2,1H3,(H,23,26). The minimum Gasteiger partial charge on any atom is -0.490 e. The van der Waals surface area contributed by atoms with Crippen molar-refractivity contribution in [3.63, 3.8) is 0 Å². The highest BCUT2D eigenvalue weighted by atomic mass is 16.5. The second-order valence-corrected chi connectivity index (χ2v) is 7.26. The van der Waals surface area contributed by atoms with E-state index in [-0.39, 0.29) is 18.3 Å². The molecule has 0 radical (unpaired) electrons. The molecule has 0 atom stereocenters. The minimum absolute atomic E-state index is 0.0267. The number of hydrogen-bond donors (Lipinski definition) is 1. The molecule has 0 spiro atoms. The third-order valence-corrected chi connectivity index (χ3v) is 5.07. The van der Waals surface area contributed by atoms with Crippen LogP contribution in [-0.4, -0.2) is 28.8 Å². The van der Waals surface area contributed by atoms with E-state index in [4.69, 9.17) is 13.6 Å². The molecular formula is C22H25N3O5. The van der Waals surface area contributed by atoms with Gasteiger partial charge in [-0.05, 0) is 51.2 Å². The maximum atomic E-state index is 12.2. The second-order valence-electron chi connectivity index (χ2n) is 7.26. The van der Waals surface area contributed by atoms with Gasteiger partial charge in [0.25, 0.3) is 5.89 Å². The molecule has 0 unspecified atom stereocenters. The average molecular weight is 411 g/mol. The summed E-state index contributed by atoms with van der Waals surface area (Å²) < 4.78 is 17.6. The summed E-state index contributed by atoms with van der Waals surface area (Å²) in [6.07, 6.45) is 7.77. The van der Waals surface area contributed by atoms with Gasteiger partial charge in [0.1, 0.15) is 6.54 Å². The number of allylic oxidation sites excluding steroid dienone is 1. The summed E-state index contributed by atoms with van der Waals surface area (Å²) in [5, 5.41) is 7.76. The van der Waals surface area contributed by atoms with Crippen LogP contribution < -0.4 is 15.8 Å². The lowest BCUT2D eigenvalue weighted by atomic mass is 9.97. The first-order chi connectivity index (χ1) is 14.6. The monoisotopic (exact) mass is 411 g/mol. The number of aromatic nitrogens is 2. The van der Waals surface area contributed by atoms with Gasteiger partial charge >= 0.3 is 5.76 Å². The molecule has 2 aromatic heterocycles. The predicted octanol–water partition coefficient (Wildman–Crippen LogP) is 3.65. The quantitative estimate of drug-likeness (QED) is 0.568. The Balaban J connectivity index is 1.42. The molecule has 8 heteroatoms. The van der Waals surface area contributed by atoms with Crippen molar-refractivity contribution < 1.29 is 18.4 Å². The zero-order valence-electron chi connectivity index (χ0n) is 17.0. The van der Waals surface area contributed by atoms with E-state index >= 15 is 0 Å². The summed E-state index contributed by atoms with van der Waals surface area (Å²) in [6.45, 7) is 2.74. The predicted molar refractivity (Wildman–Crippen MR) is 111 cm³/mol. The van der Waals surface area contributed by atoms with E-state index in [0.29, 0.717) is 30.2 Å². The number of fused-ring (bicyclic) bond motifs is 1. The highest BCUT2D eigenvalue weighted by Gasteiger charge is 2.18. The zero-order chi connectivity index (χ0) is 20.9. The number of para-hydroxylation sites is 1. The molecule has 2 heterocycles. The summed E-state index contributed by atoms with van der Waals surface area (Å²) in [5.74, 6) is -0.0517. The van der Waals surface area contributed by atoms with Gasteiger partial charge in [-0.1, -0.05) is 23.8 Å².